The zero-order valence-electron chi connectivity index (χ0n) is 12.1. The van der Waals surface area contributed by atoms with Crippen LogP contribution in [-0.2, 0) is 0 Å². The third-order valence-corrected chi connectivity index (χ3v) is 3.93. The van der Waals surface area contributed by atoms with E-state index < -0.39 is 0 Å². The molecule has 0 aliphatic heterocycles. The zero-order valence-corrected chi connectivity index (χ0v) is 12.8. The number of carbonyl (C=O) groups is 1. The van der Waals surface area contributed by atoms with Gasteiger partial charge in [0.05, 0.1) is 28.6 Å². The molecular weight excluding hydrogens is 316 g/mol. The second-order valence-corrected chi connectivity index (χ2v) is 5.49. The summed E-state index contributed by atoms with van der Waals surface area (Å²) in [6.07, 6.45) is 6.61. The molecule has 7 heteroatoms. The molecule has 0 spiro atoms. The minimum Gasteiger partial charge on any atom is -0.460 e. The number of anilines is 2. The fourth-order valence-electron chi connectivity index (χ4n) is 2.57. The second kappa shape index (κ2) is 5.10. The molecule has 1 aromatic carbocycles. The van der Waals surface area contributed by atoms with Crippen LogP contribution in [0.15, 0.2) is 47.5 Å². The lowest BCUT2D eigenvalue weighted by atomic mass is 10.2. The Morgan fingerprint density at radius 1 is 1.22 bits per heavy atom. The standard InChI is InChI=1S/C16H11ClN4O2/c1-9(22)21-16-11(6-19-21)13(3-2-12(16)17)20-14-8-23-15-7-18-5-4-10(14)15/h2-8,20H,1H3. The van der Waals surface area contributed by atoms with Crippen LogP contribution in [0.25, 0.3) is 21.9 Å². The van der Waals surface area contributed by atoms with E-state index in [0.717, 1.165) is 22.1 Å². The van der Waals surface area contributed by atoms with Gasteiger partial charge >= 0.3 is 0 Å². The molecule has 0 atom stereocenters. The van der Waals surface area contributed by atoms with E-state index in [0.29, 0.717) is 16.1 Å². The summed E-state index contributed by atoms with van der Waals surface area (Å²) < 4.78 is 6.77. The van der Waals surface area contributed by atoms with Gasteiger partial charge in [0.1, 0.15) is 6.26 Å². The highest BCUT2D eigenvalue weighted by molar-refractivity contribution is 6.36. The van der Waals surface area contributed by atoms with E-state index in [-0.39, 0.29) is 5.91 Å². The van der Waals surface area contributed by atoms with Gasteiger partial charge in [0, 0.05) is 29.6 Å². The van der Waals surface area contributed by atoms with Crippen molar-refractivity contribution in [1.29, 1.82) is 0 Å². The third kappa shape index (κ3) is 2.15. The van der Waals surface area contributed by atoms with E-state index in [1.165, 1.54) is 11.6 Å². The number of nitrogens with zero attached hydrogens (tertiary/aromatic N) is 3. The number of furan rings is 1. The third-order valence-electron chi connectivity index (χ3n) is 3.63. The highest BCUT2D eigenvalue weighted by Gasteiger charge is 2.15. The van der Waals surface area contributed by atoms with Crippen molar-refractivity contribution in [3.8, 4) is 0 Å². The first-order valence-electron chi connectivity index (χ1n) is 6.90. The largest absolute Gasteiger partial charge is 0.460 e. The van der Waals surface area contributed by atoms with E-state index in [1.807, 2.05) is 12.1 Å². The predicted molar refractivity (Wildman–Crippen MR) is 88.3 cm³/mol. The van der Waals surface area contributed by atoms with Gasteiger partial charge < -0.3 is 9.73 Å². The number of carbonyl (C=O) groups excluding carboxylic acids is 1. The lowest BCUT2D eigenvalue weighted by Crippen LogP contribution is -2.07. The summed E-state index contributed by atoms with van der Waals surface area (Å²) in [4.78, 5) is 15.7. The molecule has 0 aliphatic rings. The molecule has 114 valence electrons. The van der Waals surface area contributed by atoms with Crippen LogP contribution in [0, 0.1) is 0 Å². The van der Waals surface area contributed by atoms with Gasteiger partial charge in [0.2, 0.25) is 5.91 Å². The molecule has 23 heavy (non-hydrogen) atoms. The first kappa shape index (κ1) is 13.8. The fraction of sp³-hybridized carbons (Fsp3) is 0.0625. The number of aromatic nitrogens is 3. The Morgan fingerprint density at radius 2 is 2.09 bits per heavy atom. The lowest BCUT2D eigenvalue weighted by molar-refractivity contribution is 0.0927. The summed E-state index contributed by atoms with van der Waals surface area (Å²) >= 11 is 6.23. The van der Waals surface area contributed by atoms with Gasteiger partial charge in [-0.1, -0.05) is 11.6 Å². The Balaban J connectivity index is 1.87. The van der Waals surface area contributed by atoms with Crippen LogP contribution in [-0.4, -0.2) is 20.7 Å². The molecule has 3 aromatic heterocycles. The monoisotopic (exact) mass is 326 g/mol. The van der Waals surface area contributed by atoms with Crippen LogP contribution in [0.1, 0.15) is 11.7 Å². The first-order valence-corrected chi connectivity index (χ1v) is 7.28. The van der Waals surface area contributed by atoms with Crippen LogP contribution in [0.4, 0.5) is 11.4 Å². The summed E-state index contributed by atoms with van der Waals surface area (Å²) in [5.41, 5.74) is 2.87. The molecule has 1 N–H and O–H groups in total. The summed E-state index contributed by atoms with van der Waals surface area (Å²) in [5, 5.41) is 9.57. The molecule has 0 aliphatic carbocycles. The number of fused-ring (bicyclic) bond motifs is 2. The SMILES string of the molecule is CC(=O)n1ncc2c(Nc3coc4cnccc34)ccc(Cl)c21. The maximum absolute atomic E-state index is 11.7. The Hall–Kier alpha value is -2.86. The van der Waals surface area contributed by atoms with E-state index in [2.05, 4.69) is 15.4 Å². The van der Waals surface area contributed by atoms with Gasteiger partial charge in [-0.15, -0.1) is 0 Å². The van der Waals surface area contributed by atoms with Gasteiger partial charge in [-0.05, 0) is 18.2 Å². The fourth-order valence-corrected chi connectivity index (χ4v) is 2.82. The molecule has 0 unspecified atom stereocenters. The molecule has 6 nitrogen and oxygen atoms in total. The van der Waals surface area contributed by atoms with E-state index in [4.69, 9.17) is 16.0 Å². The summed E-state index contributed by atoms with van der Waals surface area (Å²) in [6, 6.07) is 5.45. The minimum atomic E-state index is -0.195. The molecule has 0 saturated carbocycles. The predicted octanol–water partition coefficient (Wildman–Crippen LogP) is 4.23. The van der Waals surface area contributed by atoms with Crippen LogP contribution in [0.5, 0.6) is 0 Å². The first-order chi connectivity index (χ1) is 11.1. The normalized spacial score (nSPS) is 11.2. The molecule has 3 heterocycles. The minimum absolute atomic E-state index is 0.195. The maximum Gasteiger partial charge on any atom is 0.244 e. The van der Waals surface area contributed by atoms with E-state index >= 15 is 0 Å². The topological polar surface area (TPSA) is 73.0 Å². The van der Waals surface area contributed by atoms with Crippen LogP contribution in [0.3, 0.4) is 0 Å². The molecule has 0 fully saturated rings. The van der Waals surface area contributed by atoms with Crippen molar-refractivity contribution in [3.05, 3.63) is 48.1 Å². The smallest absolute Gasteiger partial charge is 0.244 e. The molecule has 0 bridgehead atoms. The average Bonchev–Trinajstić information content (AvgIpc) is 3.15. The molecule has 0 radical (unpaired) electrons. The summed E-state index contributed by atoms with van der Waals surface area (Å²) in [5.74, 6) is -0.195. The maximum atomic E-state index is 11.7. The van der Waals surface area contributed by atoms with Gasteiger partial charge in [0.25, 0.3) is 0 Å². The molecule has 4 aromatic rings. The molecular formula is C16H11ClN4O2. The number of hydrogen-bond acceptors (Lipinski definition) is 5. The van der Waals surface area contributed by atoms with Gasteiger partial charge in [0.15, 0.2) is 5.58 Å². The lowest BCUT2D eigenvalue weighted by Gasteiger charge is -2.07. The van der Waals surface area contributed by atoms with Gasteiger partial charge in [-0.2, -0.15) is 9.78 Å². The Morgan fingerprint density at radius 3 is 2.91 bits per heavy atom. The average molecular weight is 327 g/mol. The van der Waals surface area contributed by atoms with Crippen molar-refractivity contribution in [3.63, 3.8) is 0 Å². The number of nitrogens with one attached hydrogen (secondary N) is 1. The molecule has 4 rings (SSSR count). The Labute approximate surface area is 135 Å². The van der Waals surface area contributed by atoms with E-state index in [1.54, 1.807) is 30.9 Å². The number of pyridine rings is 1. The Bertz CT molecular complexity index is 1050. The van der Waals surface area contributed by atoms with Crippen LogP contribution in [0.2, 0.25) is 5.02 Å². The summed E-state index contributed by atoms with van der Waals surface area (Å²) in [7, 11) is 0. The number of halogens is 1. The van der Waals surface area contributed by atoms with Crippen molar-refractivity contribution in [2.45, 2.75) is 6.92 Å². The van der Waals surface area contributed by atoms with Gasteiger partial charge in [-0.3, -0.25) is 9.78 Å². The Kier molecular flexibility index (Phi) is 3.06. The van der Waals surface area contributed by atoms with Crippen LogP contribution >= 0.6 is 11.6 Å². The molecule has 0 saturated heterocycles. The van der Waals surface area contributed by atoms with Crippen molar-refractivity contribution >= 4 is 50.8 Å². The van der Waals surface area contributed by atoms with Crippen LogP contribution < -0.4 is 5.32 Å². The number of rotatable bonds is 2. The van der Waals surface area contributed by atoms with Crippen molar-refractivity contribution in [2.75, 3.05) is 5.32 Å². The van der Waals surface area contributed by atoms with Crippen molar-refractivity contribution < 1.29 is 9.21 Å². The highest BCUT2D eigenvalue weighted by atomic mass is 35.5. The number of benzene rings is 1. The zero-order chi connectivity index (χ0) is 16.0. The van der Waals surface area contributed by atoms with Gasteiger partial charge in [-0.25, -0.2) is 0 Å². The van der Waals surface area contributed by atoms with E-state index in [9.17, 15) is 4.79 Å². The second-order valence-electron chi connectivity index (χ2n) is 5.08. The molecule has 0 amide bonds. The summed E-state index contributed by atoms with van der Waals surface area (Å²) in [6.45, 7) is 1.44. The van der Waals surface area contributed by atoms with Crippen molar-refractivity contribution in [1.82, 2.24) is 14.8 Å². The quantitative estimate of drug-likeness (QED) is 0.596. The number of hydrogen-bond donors (Lipinski definition) is 1. The van der Waals surface area contributed by atoms with Crippen molar-refractivity contribution in [2.24, 2.45) is 0 Å². The highest BCUT2D eigenvalue weighted by Crippen LogP contribution is 2.34.